The predicted molar refractivity (Wildman–Crippen MR) is 115 cm³/mol. The quantitative estimate of drug-likeness (QED) is 0.644. The minimum absolute atomic E-state index is 0.193. The maximum atomic E-state index is 10.2. The highest BCUT2D eigenvalue weighted by Crippen LogP contribution is 2.27. The van der Waals surface area contributed by atoms with Crippen molar-refractivity contribution in [2.45, 2.75) is 54.4 Å². The number of hydrogen-bond donors (Lipinski definition) is 2. The second-order valence-corrected chi connectivity index (χ2v) is 9.40. The molecule has 0 aliphatic rings. The van der Waals surface area contributed by atoms with Crippen molar-refractivity contribution in [2.75, 3.05) is 5.75 Å². The van der Waals surface area contributed by atoms with Crippen molar-refractivity contribution in [2.24, 2.45) is 5.73 Å². The first kappa shape index (κ1) is 23.4. The molecular weight excluding hydrogens is 378 g/mol. The molecule has 0 aromatic heterocycles. The Kier molecular flexibility index (Phi) is 10.4. The molecule has 3 N–H and O–H groups in total. The lowest BCUT2D eigenvalue weighted by molar-refractivity contribution is 0.0600. The van der Waals surface area contributed by atoms with E-state index >= 15 is 0 Å². The maximum absolute atomic E-state index is 10.2. The number of amides is 1. The molecule has 1 amide bonds. The summed E-state index contributed by atoms with van der Waals surface area (Å²) in [6.45, 7) is 7.36. The lowest BCUT2D eigenvalue weighted by atomic mass is 10.2. The van der Waals surface area contributed by atoms with Crippen molar-refractivity contribution in [1.82, 2.24) is 0 Å². The summed E-state index contributed by atoms with van der Waals surface area (Å²) in [6.07, 6.45) is -1.03. The molecule has 2 atom stereocenters. The number of ether oxygens (including phenoxy) is 1. The van der Waals surface area contributed by atoms with E-state index < -0.39 is 11.7 Å². The molecule has 27 heavy (non-hydrogen) atoms. The Morgan fingerprint density at radius 2 is 1.52 bits per heavy atom. The molecule has 0 saturated heterocycles. The molecule has 0 heterocycles. The second kappa shape index (κ2) is 12.0. The first-order chi connectivity index (χ1) is 12.7. The second-order valence-electron chi connectivity index (χ2n) is 6.86. The summed E-state index contributed by atoms with van der Waals surface area (Å²) >= 11 is 3.43. The van der Waals surface area contributed by atoms with Crippen LogP contribution in [0.5, 0.6) is 0 Å². The summed E-state index contributed by atoms with van der Waals surface area (Å²) < 4.78 is 4.58. The summed E-state index contributed by atoms with van der Waals surface area (Å²) in [5.74, 6) is 0.727. The maximum Gasteiger partial charge on any atom is 0.405 e. The zero-order valence-electron chi connectivity index (χ0n) is 16.3. The van der Waals surface area contributed by atoms with E-state index in [1.54, 1.807) is 44.3 Å². The largest absolute Gasteiger partial charge is 0.444 e. The van der Waals surface area contributed by atoms with Gasteiger partial charge in [-0.3, -0.25) is 0 Å². The Balaban J connectivity index is 0.000000387. The Bertz CT molecular complexity index is 660. The van der Waals surface area contributed by atoms with Crippen molar-refractivity contribution in [3.8, 4) is 0 Å². The van der Waals surface area contributed by atoms with Gasteiger partial charge in [0.1, 0.15) is 5.60 Å². The van der Waals surface area contributed by atoms with Gasteiger partial charge in [0.15, 0.2) is 0 Å². The normalized spacial score (nSPS) is 13.1. The lowest BCUT2D eigenvalue weighted by Crippen LogP contribution is -2.27. The van der Waals surface area contributed by atoms with Crippen LogP contribution in [0, 0.1) is 0 Å². The predicted octanol–water partition coefficient (Wildman–Crippen LogP) is 5.20. The number of thioether (sulfide) groups is 2. The molecule has 0 spiro atoms. The summed E-state index contributed by atoms with van der Waals surface area (Å²) in [5.41, 5.74) is 4.26. The summed E-state index contributed by atoms with van der Waals surface area (Å²) in [7, 11) is 0. The summed E-state index contributed by atoms with van der Waals surface area (Å²) in [5, 5.41) is 10.4. The van der Waals surface area contributed by atoms with Crippen molar-refractivity contribution in [3.63, 3.8) is 0 Å². The molecule has 2 aromatic carbocycles. The molecule has 0 radical (unpaired) electrons. The monoisotopic (exact) mass is 407 g/mol. The molecule has 148 valence electrons. The first-order valence-electron chi connectivity index (χ1n) is 8.73. The van der Waals surface area contributed by atoms with Crippen molar-refractivity contribution in [3.05, 3.63) is 60.7 Å². The lowest BCUT2D eigenvalue weighted by Gasteiger charge is -2.18. The van der Waals surface area contributed by atoms with Crippen LogP contribution < -0.4 is 5.73 Å². The zero-order chi connectivity index (χ0) is 20.3. The highest BCUT2D eigenvalue weighted by atomic mass is 32.2. The fourth-order valence-corrected chi connectivity index (χ4v) is 4.05. The fraction of sp³-hybridized carbons (Fsp3) is 0.381. The van der Waals surface area contributed by atoms with E-state index in [4.69, 9.17) is 5.73 Å². The molecule has 0 saturated carbocycles. The van der Waals surface area contributed by atoms with E-state index in [1.807, 2.05) is 36.4 Å². The molecule has 0 bridgehead atoms. The van der Waals surface area contributed by atoms with Gasteiger partial charge in [0.25, 0.3) is 0 Å². The van der Waals surface area contributed by atoms with Crippen molar-refractivity contribution in [1.29, 1.82) is 0 Å². The number of rotatable bonds is 6. The van der Waals surface area contributed by atoms with Crippen LogP contribution in [0.2, 0.25) is 0 Å². The average Bonchev–Trinajstić information content (AvgIpc) is 2.60. The van der Waals surface area contributed by atoms with Gasteiger partial charge in [0.05, 0.1) is 6.10 Å². The fourth-order valence-electron chi connectivity index (χ4n) is 1.93. The van der Waals surface area contributed by atoms with E-state index in [2.05, 4.69) is 35.9 Å². The number of carbonyl (C=O) groups is 1. The third-order valence-electron chi connectivity index (χ3n) is 3.18. The Labute approximate surface area is 170 Å². The van der Waals surface area contributed by atoms with Crippen LogP contribution in [0.4, 0.5) is 4.79 Å². The van der Waals surface area contributed by atoms with E-state index in [0.29, 0.717) is 0 Å². The molecule has 2 rings (SSSR count). The summed E-state index contributed by atoms with van der Waals surface area (Å²) in [6, 6.07) is 20.4. The minimum atomic E-state index is -0.725. The number of carbonyl (C=O) groups excluding carboxylic acids is 1. The number of hydrogen-bond acceptors (Lipinski definition) is 5. The third kappa shape index (κ3) is 11.6. The minimum Gasteiger partial charge on any atom is -0.444 e. The van der Waals surface area contributed by atoms with Gasteiger partial charge in [-0.25, -0.2) is 4.79 Å². The van der Waals surface area contributed by atoms with E-state index in [-0.39, 0.29) is 11.4 Å². The van der Waals surface area contributed by atoms with Gasteiger partial charge in [-0.05, 0) is 45.0 Å². The number of benzene rings is 2. The van der Waals surface area contributed by atoms with Crippen molar-refractivity contribution >= 4 is 29.6 Å². The number of nitrogens with two attached hydrogens (primary N) is 1. The summed E-state index contributed by atoms with van der Waals surface area (Å²) in [4.78, 5) is 12.4. The smallest absolute Gasteiger partial charge is 0.405 e. The topological polar surface area (TPSA) is 72.5 Å². The molecule has 4 nitrogen and oxygen atoms in total. The molecule has 0 aliphatic carbocycles. The van der Waals surface area contributed by atoms with Gasteiger partial charge < -0.3 is 15.6 Å². The van der Waals surface area contributed by atoms with Gasteiger partial charge in [0.2, 0.25) is 0 Å². The van der Waals surface area contributed by atoms with Crippen LogP contribution in [0.3, 0.4) is 0 Å². The molecule has 2 aromatic rings. The van der Waals surface area contributed by atoms with Crippen LogP contribution in [0.25, 0.3) is 0 Å². The zero-order valence-corrected chi connectivity index (χ0v) is 17.9. The third-order valence-corrected chi connectivity index (χ3v) is 5.52. The molecule has 6 heteroatoms. The number of primary amides is 1. The average molecular weight is 408 g/mol. The van der Waals surface area contributed by atoms with Crippen LogP contribution >= 0.6 is 23.5 Å². The van der Waals surface area contributed by atoms with Gasteiger partial charge in [-0.2, -0.15) is 0 Å². The Morgan fingerprint density at radius 1 is 1.04 bits per heavy atom. The molecular formula is C21H29NO3S2. The Hall–Kier alpha value is -1.63. The van der Waals surface area contributed by atoms with E-state index in [9.17, 15) is 9.90 Å². The van der Waals surface area contributed by atoms with Gasteiger partial charge in [-0.15, -0.1) is 23.5 Å². The molecule has 0 aliphatic heterocycles. The van der Waals surface area contributed by atoms with Crippen LogP contribution in [-0.2, 0) is 4.74 Å². The Morgan fingerprint density at radius 3 is 1.93 bits per heavy atom. The van der Waals surface area contributed by atoms with Gasteiger partial charge >= 0.3 is 6.09 Å². The van der Waals surface area contributed by atoms with Crippen LogP contribution in [-0.4, -0.2) is 33.9 Å². The SMILES string of the molecule is CC(C)(C)OC(N)=O.CC(Sc1ccccc1)C(O)CSc1ccccc1. The van der Waals surface area contributed by atoms with Gasteiger partial charge in [0, 0.05) is 20.8 Å². The van der Waals surface area contributed by atoms with Crippen LogP contribution in [0.15, 0.2) is 70.5 Å². The van der Waals surface area contributed by atoms with E-state index in [1.165, 1.54) is 9.79 Å². The first-order valence-corrected chi connectivity index (χ1v) is 10.6. The highest BCUT2D eigenvalue weighted by molar-refractivity contribution is 8.00. The van der Waals surface area contributed by atoms with Crippen molar-refractivity contribution < 1.29 is 14.6 Å². The number of aliphatic hydroxyl groups excluding tert-OH is 1. The van der Waals surface area contributed by atoms with Crippen LogP contribution in [0.1, 0.15) is 27.7 Å². The highest BCUT2D eigenvalue weighted by Gasteiger charge is 2.15. The molecule has 2 unspecified atom stereocenters. The number of aliphatic hydroxyl groups is 1. The van der Waals surface area contributed by atoms with Gasteiger partial charge in [-0.1, -0.05) is 43.3 Å². The van der Waals surface area contributed by atoms with E-state index in [0.717, 1.165) is 5.75 Å². The molecule has 0 fully saturated rings. The standard InChI is InChI=1S/C16H18OS2.C5H11NO2/c1-13(19-15-10-6-3-7-11-15)16(17)12-18-14-8-4-2-5-9-14;1-5(2,3)8-4(6)7/h2-11,13,16-17H,12H2,1H3;1-3H3,(H2,6,7).